The number of hydrogen-bond acceptors (Lipinski definition) is 5. The van der Waals surface area contributed by atoms with Crippen LogP contribution in [-0.4, -0.2) is 35.9 Å². The molecule has 0 fully saturated rings. The van der Waals surface area contributed by atoms with Crippen molar-refractivity contribution in [2.45, 2.75) is 19.9 Å². The van der Waals surface area contributed by atoms with E-state index in [1.165, 1.54) is 4.52 Å². The van der Waals surface area contributed by atoms with Crippen LogP contribution in [0.2, 0.25) is 0 Å². The molecule has 1 amide bonds. The molecule has 0 saturated carbocycles. The van der Waals surface area contributed by atoms with Gasteiger partial charge in [-0.05, 0) is 40.6 Å². The number of amides is 1. The SMILES string of the molecule is CC(C)[C@H](NC(=O)c1ccc2nnnn2c1)c1nc2ccccc2[nH]1. The summed E-state index contributed by atoms with van der Waals surface area (Å²) in [5, 5.41) is 14.3. The first-order chi connectivity index (χ1) is 12.1. The lowest BCUT2D eigenvalue weighted by molar-refractivity contribution is 0.0923. The van der Waals surface area contributed by atoms with Gasteiger partial charge >= 0.3 is 0 Å². The molecule has 0 radical (unpaired) electrons. The number of aromatic amines is 1. The number of pyridine rings is 1. The third kappa shape index (κ3) is 2.82. The second-order valence-electron chi connectivity index (χ2n) is 6.23. The summed E-state index contributed by atoms with van der Waals surface area (Å²) in [7, 11) is 0. The van der Waals surface area contributed by atoms with Gasteiger partial charge in [0.25, 0.3) is 5.91 Å². The van der Waals surface area contributed by atoms with Gasteiger partial charge in [-0.3, -0.25) is 4.79 Å². The molecule has 3 heterocycles. The maximum atomic E-state index is 12.7. The largest absolute Gasteiger partial charge is 0.342 e. The molecule has 0 spiro atoms. The lowest BCUT2D eigenvalue weighted by atomic mass is 10.0. The summed E-state index contributed by atoms with van der Waals surface area (Å²) in [6.07, 6.45) is 1.61. The molecule has 3 aromatic heterocycles. The summed E-state index contributed by atoms with van der Waals surface area (Å²) in [5.41, 5.74) is 2.91. The number of nitrogens with one attached hydrogen (secondary N) is 2. The first-order valence-corrected chi connectivity index (χ1v) is 8.05. The van der Waals surface area contributed by atoms with Gasteiger partial charge in [0.1, 0.15) is 5.82 Å². The number of benzene rings is 1. The normalized spacial score (nSPS) is 12.8. The first-order valence-electron chi connectivity index (χ1n) is 8.05. The van der Waals surface area contributed by atoms with Gasteiger partial charge in [-0.1, -0.05) is 26.0 Å². The van der Waals surface area contributed by atoms with E-state index < -0.39 is 0 Å². The fourth-order valence-corrected chi connectivity index (χ4v) is 2.77. The first kappa shape index (κ1) is 15.3. The Morgan fingerprint density at radius 2 is 2.04 bits per heavy atom. The fourth-order valence-electron chi connectivity index (χ4n) is 2.77. The molecule has 0 unspecified atom stereocenters. The summed E-state index contributed by atoms with van der Waals surface area (Å²) in [6, 6.07) is 11.0. The number of fused-ring (bicyclic) bond motifs is 2. The predicted octanol–water partition coefficient (Wildman–Crippen LogP) is 2.13. The van der Waals surface area contributed by atoms with Gasteiger partial charge in [-0.25, -0.2) is 4.98 Å². The van der Waals surface area contributed by atoms with E-state index in [9.17, 15) is 4.79 Å². The van der Waals surface area contributed by atoms with Gasteiger partial charge in [0, 0.05) is 6.20 Å². The number of aromatic nitrogens is 6. The quantitative estimate of drug-likeness (QED) is 0.595. The van der Waals surface area contributed by atoms with E-state index in [4.69, 9.17) is 0 Å². The van der Waals surface area contributed by atoms with Gasteiger partial charge < -0.3 is 10.3 Å². The lowest BCUT2D eigenvalue weighted by Gasteiger charge is -2.20. The number of tetrazole rings is 1. The third-order valence-corrected chi connectivity index (χ3v) is 4.11. The molecule has 1 aromatic carbocycles. The van der Waals surface area contributed by atoms with Crippen molar-refractivity contribution in [1.29, 1.82) is 0 Å². The molecule has 1 atom stereocenters. The summed E-state index contributed by atoms with van der Waals surface area (Å²) in [6.45, 7) is 4.09. The second-order valence-corrected chi connectivity index (χ2v) is 6.23. The van der Waals surface area contributed by atoms with Crippen LogP contribution in [0.3, 0.4) is 0 Å². The number of nitrogens with zero attached hydrogens (tertiary/aromatic N) is 5. The Kier molecular flexibility index (Phi) is 3.64. The van der Waals surface area contributed by atoms with Crippen molar-refractivity contribution in [3.8, 4) is 0 Å². The zero-order chi connectivity index (χ0) is 17.4. The molecule has 4 aromatic rings. The summed E-state index contributed by atoms with van der Waals surface area (Å²) < 4.78 is 1.47. The van der Waals surface area contributed by atoms with E-state index in [0.29, 0.717) is 11.2 Å². The highest BCUT2D eigenvalue weighted by Crippen LogP contribution is 2.22. The number of H-pyrrole nitrogens is 1. The number of hydrogen-bond donors (Lipinski definition) is 2. The van der Waals surface area contributed by atoms with Crippen molar-refractivity contribution < 1.29 is 4.79 Å². The highest BCUT2D eigenvalue weighted by molar-refractivity contribution is 5.94. The van der Waals surface area contributed by atoms with E-state index in [1.54, 1.807) is 18.3 Å². The van der Waals surface area contributed by atoms with Crippen LogP contribution in [0.5, 0.6) is 0 Å². The molecule has 8 heteroatoms. The zero-order valence-corrected chi connectivity index (χ0v) is 13.8. The Bertz CT molecular complexity index is 1020. The Hall–Kier alpha value is -3.29. The number of carbonyl (C=O) groups excluding carboxylic acids is 1. The number of rotatable bonds is 4. The fraction of sp³-hybridized carbons (Fsp3) is 0.235. The van der Waals surface area contributed by atoms with Gasteiger partial charge in [-0.2, -0.15) is 4.52 Å². The van der Waals surface area contributed by atoms with Crippen molar-refractivity contribution in [2.75, 3.05) is 0 Å². The van der Waals surface area contributed by atoms with Gasteiger partial charge in [-0.15, -0.1) is 5.10 Å². The highest BCUT2D eigenvalue weighted by atomic mass is 16.1. The lowest BCUT2D eigenvalue weighted by Crippen LogP contribution is -2.32. The Morgan fingerprint density at radius 1 is 1.20 bits per heavy atom. The average Bonchev–Trinajstić information content (AvgIpc) is 3.24. The number of para-hydroxylation sites is 2. The molecule has 0 aliphatic heterocycles. The van der Waals surface area contributed by atoms with Crippen LogP contribution in [0, 0.1) is 5.92 Å². The molecule has 4 rings (SSSR count). The third-order valence-electron chi connectivity index (χ3n) is 4.11. The molecule has 25 heavy (non-hydrogen) atoms. The monoisotopic (exact) mass is 335 g/mol. The minimum absolute atomic E-state index is 0.168. The van der Waals surface area contributed by atoms with Gasteiger partial charge in [0.05, 0.1) is 22.6 Å². The van der Waals surface area contributed by atoms with Crippen molar-refractivity contribution in [3.63, 3.8) is 0 Å². The summed E-state index contributed by atoms with van der Waals surface area (Å²) in [5.74, 6) is 0.714. The minimum Gasteiger partial charge on any atom is -0.342 e. The average molecular weight is 335 g/mol. The Balaban J connectivity index is 1.63. The standard InChI is InChI=1S/C17H17N7O/c1-10(2)15(16-18-12-5-3-4-6-13(12)19-16)20-17(25)11-7-8-14-21-22-23-24(14)9-11/h3-10,15H,1-2H3,(H,18,19)(H,20,25)/t15-/m0/s1. The summed E-state index contributed by atoms with van der Waals surface area (Å²) in [4.78, 5) is 20.6. The van der Waals surface area contributed by atoms with Crippen LogP contribution in [0.25, 0.3) is 16.7 Å². The highest BCUT2D eigenvalue weighted by Gasteiger charge is 2.22. The molecule has 0 aliphatic carbocycles. The van der Waals surface area contributed by atoms with Crippen LogP contribution in [0.4, 0.5) is 0 Å². The molecule has 0 bridgehead atoms. The molecule has 126 valence electrons. The Morgan fingerprint density at radius 3 is 2.84 bits per heavy atom. The minimum atomic E-state index is -0.232. The van der Waals surface area contributed by atoms with Crippen LogP contribution in [-0.2, 0) is 0 Å². The van der Waals surface area contributed by atoms with Crippen LogP contribution >= 0.6 is 0 Å². The predicted molar refractivity (Wildman–Crippen MR) is 91.9 cm³/mol. The number of imidazole rings is 1. The molecular weight excluding hydrogens is 318 g/mol. The van der Waals surface area contributed by atoms with Crippen molar-refractivity contribution in [3.05, 3.63) is 54.0 Å². The van der Waals surface area contributed by atoms with E-state index in [2.05, 4.69) is 30.8 Å². The van der Waals surface area contributed by atoms with Gasteiger partial charge in [0.15, 0.2) is 5.65 Å². The van der Waals surface area contributed by atoms with E-state index in [-0.39, 0.29) is 17.9 Å². The van der Waals surface area contributed by atoms with Crippen LogP contribution in [0.15, 0.2) is 42.6 Å². The number of carbonyl (C=O) groups is 1. The van der Waals surface area contributed by atoms with E-state index >= 15 is 0 Å². The van der Waals surface area contributed by atoms with Gasteiger partial charge in [0.2, 0.25) is 0 Å². The molecular formula is C17H17N7O. The van der Waals surface area contributed by atoms with E-state index in [1.807, 2.05) is 38.1 Å². The van der Waals surface area contributed by atoms with Crippen LogP contribution < -0.4 is 5.32 Å². The molecule has 0 aliphatic rings. The Labute approximate surface area is 143 Å². The van der Waals surface area contributed by atoms with Crippen LogP contribution in [0.1, 0.15) is 36.1 Å². The molecule has 8 nitrogen and oxygen atoms in total. The second kappa shape index (κ2) is 5.97. The van der Waals surface area contributed by atoms with Crippen molar-refractivity contribution >= 4 is 22.6 Å². The summed E-state index contributed by atoms with van der Waals surface area (Å²) >= 11 is 0. The molecule has 0 saturated heterocycles. The smallest absolute Gasteiger partial charge is 0.253 e. The topological polar surface area (TPSA) is 101 Å². The zero-order valence-electron chi connectivity index (χ0n) is 13.8. The maximum absolute atomic E-state index is 12.7. The van der Waals surface area contributed by atoms with Crippen molar-refractivity contribution in [2.24, 2.45) is 5.92 Å². The molecule has 2 N–H and O–H groups in total. The van der Waals surface area contributed by atoms with E-state index in [0.717, 1.165) is 16.9 Å². The van der Waals surface area contributed by atoms with Crippen molar-refractivity contribution in [1.82, 2.24) is 35.3 Å². The maximum Gasteiger partial charge on any atom is 0.253 e.